The molecule has 0 bridgehead atoms. The topological polar surface area (TPSA) is 48.8 Å². The van der Waals surface area contributed by atoms with E-state index in [1.165, 1.54) is 11.1 Å². The Labute approximate surface area is 149 Å². The van der Waals surface area contributed by atoms with Crippen LogP contribution in [0, 0.1) is 17.3 Å². The van der Waals surface area contributed by atoms with Gasteiger partial charge in [0, 0.05) is 16.7 Å². The lowest BCUT2D eigenvalue weighted by Gasteiger charge is -2.36. The number of nitrogens with zero attached hydrogens (tertiary/aromatic N) is 3. The lowest BCUT2D eigenvalue weighted by atomic mass is 9.69. The van der Waals surface area contributed by atoms with Gasteiger partial charge in [-0.3, -0.25) is 0 Å². The van der Waals surface area contributed by atoms with Gasteiger partial charge >= 0.3 is 0 Å². The third-order valence-electron chi connectivity index (χ3n) is 4.92. The fraction of sp³-hybridized carbons (Fsp3) is 0.364. The molecule has 1 aliphatic rings. The third-order valence-corrected chi connectivity index (χ3v) is 4.92. The summed E-state index contributed by atoms with van der Waals surface area (Å²) in [6.07, 6.45) is 5.58. The van der Waals surface area contributed by atoms with Gasteiger partial charge in [-0.05, 0) is 42.3 Å². The van der Waals surface area contributed by atoms with Crippen molar-refractivity contribution in [3.05, 3.63) is 82.2 Å². The molecule has 0 radical (unpaired) electrons. The smallest absolute Gasteiger partial charge is 0.0546 e. The van der Waals surface area contributed by atoms with Gasteiger partial charge in [-0.1, -0.05) is 78.1 Å². The van der Waals surface area contributed by atoms with Crippen LogP contribution in [0.4, 0.5) is 0 Å². The van der Waals surface area contributed by atoms with Crippen LogP contribution in [0.1, 0.15) is 36.8 Å². The maximum Gasteiger partial charge on any atom is 0.0546 e. The molecule has 3 heteroatoms. The fourth-order valence-corrected chi connectivity index (χ4v) is 3.69. The van der Waals surface area contributed by atoms with Crippen LogP contribution in [0.25, 0.3) is 10.4 Å². The molecule has 0 saturated heterocycles. The van der Waals surface area contributed by atoms with Gasteiger partial charge in [-0.15, -0.1) is 5.92 Å². The maximum absolute atomic E-state index is 9.16. The van der Waals surface area contributed by atoms with Crippen LogP contribution in [0.5, 0.6) is 0 Å². The Bertz CT molecular complexity index is 739. The Morgan fingerprint density at radius 1 is 0.960 bits per heavy atom. The largest absolute Gasteiger partial charge is 0.103 e. The van der Waals surface area contributed by atoms with E-state index in [0.717, 1.165) is 38.5 Å². The molecule has 3 nitrogen and oxygen atoms in total. The summed E-state index contributed by atoms with van der Waals surface area (Å²) in [7, 11) is 0. The first-order chi connectivity index (χ1) is 12.3. The monoisotopic (exact) mass is 329 g/mol. The summed E-state index contributed by atoms with van der Waals surface area (Å²) in [5.41, 5.74) is 11.3. The molecular formula is C22H23N3. The zero-order valence-electron chi connectivity index (χ0n) is 14.4. The molecule has 2 aromatic carbocycles. The molecule has 0 spiro atoms. The molecule has 1 unspecified atom stereocenters. The lowest BCUT2D eigenvalue weighted by molar-refractivity contribution is 0.288. The van der Waals surface area contributed by atoms with Crippen LogP contribution in [0.15, 0.2) is 65.8 Å². The highest BCUT2D eigenvalue weighted by molar-refractivity contribution is 5.29. The third kappa shape index (κ3) is 4.44. The van der Waals surface area contributed by atoms with Gasteiger partial charge in [-0.2, -0.15) is 0 Å². The van der Waals surface area contributed by atoms with Crippen molar-refractivity contribution in [3.63, 3.8) is 0 Å². The molecule has 0 fully saturated rings. The number of rotatable bonds is 5. The highest BCUT2D eigenvalue weighted by Gasteiger charge is 2.37. The molecule has 126 valence electrons. The second-order valence-corrected chi connectivity index (χ2v) is 6.75. The van der Waals surface area contributed by atoms with Crippen molar-refractivity contribution >= 4 is 0 Å². The first-order valence-electron chi connectivity index (χ1n) is 8.94. The van der Waals surface area contributed by atoms with Gasteiger partial charge < -0.3 is 0 Å². The van der Waals surface area contributed by atoms with Crippen LogP contribution in [0.2, 0.25) is 0 Å². The number of benzene rings is 2. The molecule has 3 rings (SSSR count). The van der Waals surface area contributed by atoms with E-state index in [0.29, 0.717) is 0 Å². The Morgan fingerprint density at radius 2 is 1.56 bits per heavy atom. The van der Waals surface area contributed by atoms with E-state index in [1.807, 2.05) is 12.1 Å². The molecule has 0 saturated carbocycles. The Balaban J connectivity index is 2.05. The van der Waals surface area contributed by atoms with Crippen molar-refractivity contribution in [1.29, 1.82) is 0 Å². The molecule has 0 aliphatic heterocycles. The average Bonchev–Trinajstić information content (AvgIpc) is 2.63. The maximum atomic E-state index is 9.16. The van der Waals surface area contributed by atoms with E-state index in [-0.39, 0.29) is 11.5 Å². The minimum atomic E-state index is -0.352. The molecule has 0 N–H and O–H groups in total. The zero-order chi connectivity index (χ0) is 17.4. The van der Waals surface area contributed by atoms with Crippen LogP contribution < -0.4 is 0 Å². The van der Waals surface area contributed by atoms with E-state index in [2.05, 4.69) is 70.4 Å². The minimum Gasteiger partial charge on any atom is -0.103 e. The first-order valence-corrected chi connectivity index (χ1v) is 8.94. The molecule has 1 atom stereocenters. The number of hydrogen-bond acceptors (Lipinski definition) is 1. The molecule has 2 aromatic rings. The Hall–Kier alpha value is -2.69. The quantitative estimate of drug-likeness (QED) is 0.292. The standard InChI is InChI=1S/C22H23N3/c23-25-24-21-15-9-1-2-10-16-22(21,17-19-11-5-3-6-12-19)18-20-13-7-4-8-14-20/h3-8,11-14,21H,1-2,9,15,17-18H2. The van der Waals surface area contributed by atoms with Gasteiger partial charge in [0.1, 0.15) is 0 Å². The highest BCUT2D eigenvalue weighted by atomic mass is 15.2. The summed E-state index contributed by atoms with van der Waals surface area (Å²) >= 11 is 0. The molecule has 0 amide bonds. The van der Waals surface area contributed by atoms with Gasteiger partial charge in [0.05, 0.1) is 6.04 Å². The van der Waals surface area contributed by atoms with Gasteiger partial charge in [0.15, 0.2) is 0 Å². The van der Waals surface area contributed by atoms with E-state index >= 15 is 0 Å². The van der Waals surface area contributed by atoms with E-state index in [4.69, 9.17) is 5.53 Å². The van der Waals surface area contributed by atoms with Gasteiger partial charge in [0.2, 0.25) is 0 Å². The van der Waals surface area contributed by atoms with E-state index in [1.54, 1.807) is 0 Å². The molecule has 1 aliphatic carbocycles. The van der Waals surface area contributed by atoms with Crippen LogP contribution >= 0.6 is 0 Å². The average molecular weight is 329 g/mol. The van der Waals surface area contributed by atoms with E-state index < -0.39 is 0 Å². The summed E-state index contributed by atoms with van der Waals surface area (Å²) in [4.78, 5) is 3.17. The van der Waals surface area contributed by atoms with Crippen molar-refractivity contribution < 1.29 is 0 Å². The predicted octanol–water partition coefficient (Wildman–Crippen LogP) is 5.71. The van der Waals surface area contributed by atoms with Crippen LogP contribution in [0.3, 0.4) is 0 Å². The SMILES string of the molecule is [N-]=[N+]=NC1CCCCC#CC1(Cc1ccccc1)Cc1ccccc1. The lowest BCUT2D eigenvalue weighted by Crippen LogP contribution is -2.37. The minimum absolute atomic E-state index is 0.106. The second-order valence-electron chi connectivity index (χ2n) is 6.75. The molecular weight excluding hydrogens is 306 g/mol. The Morgan fingerprint density at radius 3 is 2.12 bits per heavy atom. The highest BCUT2D eigenvalue weighted by Crippen LogP contribution is 2.37. The summed E-state index contributed by atoms with van der Waals surface area (Å²) in [6, 6.07) is 20.8. The predicted molar refractivity (Wildman–Crippen MR) is 102 cm³/mol. The van der Waals surface area contributed by atoms with Gasteiger partial charge in [0.25, 0.3) is 0 Å². The van der Waals surface area contributed by atoms with Crippen molar-refractivity contribution in [1.82, 2.24) is 0 Å². The number of azide groups is 1. The molecule has 0 aromatic heterocycles. The van der Waals surface area contributed by atoms with Crippen LogP contribution in [-0.4, -0.2) is 6.04 Å². The molecule has 0 heterocycles. The van der Waals surface area contributed by atoms with Crippen molar-refractivity contribution in [2.75, 3.05) is 0 Å². The van der Waals surface area contributed by atoms with Crippen LogP contribution in [-0.2, 0) is 12.8 Å². The van der Waals surface area contributed by atoms with E-state index in [9.17, 15) is 0 Å². The fourth-order valence-electron chi connectivity index (χ4n) is 3.69. The number of hydrogen-bond donors (Lipinski definition) is 0. The normalized spacial score (nSPS) is 18.8. The molecule has 25 heavy (non-hydrogen) atoms. The summed E-state index contributed by atoms with van der Waals surface area (Å²) in [5, 5.41) is 4.21. The zero-order valence-corrected chi connectivity index (χ0v) is 14.4. The van der Waals surface area contributed by atoms with Gasteiger partial charge in [-0.25, -0.2) is 0 Å². The second kappa shape index (κ2) is 8.42. The first kappa shape index (κ1) is 17.1. The summed E-state index contributed by atoms with van der Waals surface area (Å²) in [6.45, 7) is 0. The van der Waals surface area contributed by atoms with Crippen molar-refractivity contribution in [2.45, 2.75) is 44.6 Å². The summed E-state index contributed by atoms with van der Waals surface area (Å²) < 4.78 is 0. The Kier molecular flexibility index (Phi) is 5.77. The summed E-state index contributed by atoms with van der Waals surface area (Å²) in [5.74, 6) is 6.93. The van der Waals surface area contributed by atoms with Crippen molar-refractivity contribution in [3.8, 4) is 11.8 Å². The van der Waals surface area contributed by atoms with Crippen molar-refractivity contribution in [2.24, 2.45) is 10.5 Å².